The number of aromatic amines is 1. The summed E-state index contributed by atoms with van der Waals surface area (Å²) in [6.07, 6.45) is -5.36. The Hall–Kier alpha value is -2.52. The molecule has 0 amide bonds. The second kappa shape index (κ2) is 4.79. The summed E-state index contributed by atoms with van der Waals surface area (Å²) in [6.45, 7) is 0. The Morgan fingerprint density at radius 3 is 2.14 bits per heavy atom. The number of rotatable bonds is 3. The first-order valence-electron chi connectivity index (χ1n) is 5.38. The summed E-state index contributed by atoms with van der Waals surface area (Å²) in [5.74, 6) is -5.30. The van der Waals surface area contributed by atoms with Crippen molar-refractivity contribution in [3.63, 3.8) is 0 Å². The van der Waals surface area contributed by atoms with Gasteiger partial charge in [0.2, 0.25) is 0 Å². The van der Waals surface area contributed by atoms with E-state index in [-0.39, 0.29) is 17.1 Å². The molecule has 0 bridgehead atoms. The lowest BCUT2D eigenvalue weighted by Crippen LogP contribution is -2.33. The Balaban J connectivity index is 2.34. The van der Waals surface area contributed by atoms with Gasteiger partial charge in [0.25, 0.3) is 5.69 Å². The number of nitrogens with zero attached hydrogens (tertiary/aromatic N) is 2. The lowest BCUT2D eigenvalue weighted by atomic mass is 10.2. The summed E-state index contributed by atoms with van der Waals surface area (Å²) in [7, 11) is 0. The molecule has 1 N–H and O–H groups in total. The highest BCUT2D eigenvalue weighted by Crippen LogP contribution is 2.43. The van der Waals surface area contributed by atoms with E-state index in [2.05, 4.69) is 4.98 Å². The van der Waals surface area contributed by atoms with Gasteiger partial charge in [0.15, 0.2) is 0 Å². The van der Waals surface area contributed by atoms with Crippen LogP contribution in [-0.4, -0.2) is 21.1 Å². The number of H-pyrrole nitrogens is 1. The fraction of sp³-hybridized carbons (Fsp3) is 0.182. The standard InChI is InChI=1S/C11H6F5N3O2/c12-10(13,11(14,15)16)8-5-17-9(18-8)6-1-3-7(4-2-6)19(20)21/h1-5H,(H,17,18). The van der Waals surface area contributed by atoms with Gasteiger partial charge in [-0.2, -0.15) is 22.0 Å². The first-order valence-corrected chi connectivity index (χ1v) is 5.38. The molecule has 112 valence electrons. The van der Waals surface area contributed by atoms with Gasteiger partial charge in [-0.05, 0) is 12.1 Å². The molecule has 0 aliphatic carbocycles. The number of alkyl halides is 5. The van der Waals surface area contributed by atoms with Crippen molar-refractivity contribution in [3.8, 4) is 11.4 Å². The van der Waals surface area contributed by atoms with Gasteiger partial charge in [-0.15, -0.1) is 0 Å². The van der Waals surface area contributed by atoms with E-state index in [0.29, 0.717) is 6.20 Å². The van der Waals surface area contributed by atoms with Crippen LogP contribution in [0.3, 0.4) is 0 Å². The Morgan fingerprint density at radius 1 is 1.10 bits per heavy atom. The maximum atomic E-state index is 13.1. The normalized spacial score (nSPS) is 12.4. The minimum atomic E-state index is -5.74. The highest BCUT2D eigenvalue weighted by Gasteiger charge is 2.60. The third-order valence-corrected chi connectivity index (χ3v) is 2.62. The minimum Gasteiger partial charge on any atom is -0.337 e. The Bertz CT molecular complexity index is 663. The smallest absolute Gasteiger partial charge is 0.337 e. The zero-order valence-corrected chi connectivity index (χ0v) is 9.99. The zero-order chi connectivity index (χ0) is 15.8. The highest BCUT2D eigenvalue weighted by molar-refractivity contribution is 5.57. The van der Waals surface area contributed by atoms with Crippen LogP contribution >= 0.6 is 0 Å². The topological polar surface area (TPSA) is 71.8 Å². The van der Waals surface area contributed by atoms with Crippen LogP contribution in [0.1, 0.15) is 5.69 Å². The van der Waals surface area contributed by atoms with E-state index in [1.54, 1.807) is 0 Å². The number of hydrogen-bond donors (Lipinski definition) is 1. The predicted octanol–water partition coefficient (Wildman–Crippen LogP) is 3.64. The van der Waals surface area contributed by atoms with Gasteiger partial charge in [0.05, 0.1) is 11.1 Å². The molecule has 5 nitrogen and oxygen atoms in total. The molecule has 2 aromatic rings. The van der Waals surface area contributed by atoms with E-state index in [4.69, 9.17) is 0 Å². The number of halogens is 5. The lowest BCUT2D eigenvalue weighted by Gasteiger charge is -2.17. The van der Waals surface area contributed by atoms with Gasteiger partial charge >= 0.3 is 12.1 Å². The molecular weight excluding hydrogens is 301 g/mol. The van der Waals surface area contributed by atoms with E-state index in [1.165, 1.54) is 12.1 Å². The average Bonchev–Trinajstić information content (AvgIpc) is 2.87. The molecule has 0 atom stereocenters. The summed E-state index contributed by atoms with van der Waals surface area (Å²) in [6, 6.07) is 4.54. The van der Waals surface area contributed by atoms with E-state index in [0.717, 1.165) is 12.1 Å². The van der Waals surface area contributed by atoms with Crippen LogP contribution < -0.4 is 0 Å². The van der Waals surface area contributed by atoms with E-state index < -0.39 is 22.7 Å². The molecule has 0 fully saturated rings. The molecule has 1 heterocycles. The largest absolute Gasteiger partial charge is 0.459 e. The van der Waals surface area contributed by atoms with E-state index in [1.807, 2.05) is 4.98 Å². The quantitative estimate of drug-likeness (QED) is 0.534. The van der Waals surface area contributed by atoms with E-state index >= 15 is 0 Å². The number of hydrogen-bond acceptors (Lipinski definition) is 3. The number of nitro groups is 1. The number of nitro benzene ring substituents is 1. The SMILES string of the molecule is O=[N+]([O-])c1ccc(-c2ncc(C(F)(F)C(F)(F)F)[nH]2)cc1. The predicted molar refractivity (Wildman–Crippen MR) is 60.6 cm³/mol. The van der Waals surface area contributed by atoms with Crippen LogP contribution in [0.5, 0.6) is 0 Å². The van der Waals surface area contributed by atoms with Crippen LogP contribution in [-0.2, 0) is 5.92 Å². The fourth-order valence-electron chi connectivity index (χ4n) is 1.52. The lowest BCUT2D eigenvalue weighted by molar-refractivity contribution is -0.384. The Morgan fingerprint density at radius 2 is 1.67 bits per heavy atom. The number of imidazole rings is 1. The van der Waals surface area contributed by atoms with Gasteiger partial charge < -0.3 is 4.98 Å². The zero-order valence-electron chi connectivity index (χ0n) is 9.99. The van der Waals surface area contributed by atoms with Gasteiger partial charge in [-0.25, -0.2) is 4.98 Å². The minimum absolute atomic E-state index is 0.143. The second-order valence-electron chi connectivity index (χ2n) is 4.02. The third-order valence-electron chi connectivity index (χ3n) is 2.62. The summed E-state index contributed by atoms with van der Waals surface area (Å²) in [5.41, 5.74) is -1.50. The highest BCUT2D eigenvalue weighted by atomic mass is 19.4. The van der Waals surface area contributed by atoms with Crippen LogP contribution in [0.2, 0.25) is 0 Å². The van der Waals surface area contributed by atoms with Crippen molar-refractivity contribution < 1.29 is 26.9 Å². The van der Waals surface area contributed by atoms with E-state index in [9.17, 15) is 32.1 Å². The molecule has 0 saturated carbocycles. The first-order chi connectivity index (χ1) is 9.63. The molecular formula is C11H6F5N3O2. The first kappa shape index (κ1) is 14.9. The average molecular weight is 307 g/mol. The van der Waals surface area contributed by atoms with Gasteiger partial charge in [0.1, 0.15) is 11.5 Å². The summed E-state index contributed by atoms with van der Waals surface area (Å²) >= 11 is 0. The Kier molecular flexibility index (Phi) is 3.39. The van der Waals surface area contributed by atoms with Crippen LogP contribution in [0, 0.1) is 10.1 Å². The van der Waals surface area contributed by atoms with Gasteiger partial charge in [0, 0.05) is 17.7 Å². The van der Waals surface area contributed by atoms with Crippen molar-refractivity contribution in [2.24, 2.45) is 0 Å². The van der Waals surface area contributed by atoms with Gasteiger partial charge in [-0.1, -0.05) is 0 Å². The molecule has 0 aliphatic heterocycles. The number of aromatic nitrogens is 2. The molecule has 1 aromatic carbocycles. The molecule has 1 aromatic heterocycles. The van der Waals surface area contributed by atoms with Crippen LogP contribution in [0.4, 0.5) is 27.6 Å². The fourth-order valence-corrected chi connectivity index (χ4v) is 1.52. The molecule has 0 saturated heterocycles. The van der Waals surface area contributed by atoms with Crippen molar-refractivity contribution in [1.82, 2.24) is 9.97 Å². The number of non-ortho nitro benzene ring substituents is 1. The summed E-state index contributed by atoms with van der Waals surface area (Å²) < 4.78 is 62.8. The number of benzene rings is 1. The van der Waals surface area contributed by atoms with Crippen molar-refractivity contribution in [3.05, 3.63) is 46.3 Å². The maximum Gasteiger partial charge on any atom is 0.459 e. The number of nitrogens with one attached hydrogen (secondary N) is 1. The molecule has 0 radical (unpaired) electrons. The summed E-state index contributed by atoms with van der Waals surface area (Å²) in [5, 5.41) is 10.5. The maximum absolute atomic E-state index is 13.1. The van der Waals surface area contributed by atoms with Crippen molar-refractivity contribution in [2.75, 3.05) is 0 Å². The Labute approximate surface area is 113 Å². The molecule has 0 spiro atoms. The second-order valence-corrected chi connectivity index (χ2v) is 4.02. The monoisotopic (exact) mass is 307 g/mol. The molecule has 0 unspecified atom stereocenters. The van der Waals surface area contributed by atoms with Crippen molar-refractivity contribution >= 4 is 5.69 Å². The summed E-state index contributed by atoms with van der Waals surface area (Å²) in [4.78, 5) is 15.1. The molecule has 10 heteroatoms. The van der Waals surface area contributed by atoms with Crippen LogP contribution in [0.15, 0.2) is 30.5 Å². The van der Waals surface area contributed by atoms with Crippen molar-refractivity contribution in [2.45, 2.75) is 12.1 Å². The van der Waals surface area contributed by atoms with Crippen LogP contribution in [0.25, 0.3) is 11.4 Å². The molecule has 21 heavy (non-hydrogen) atoms. The third kappa shape index (κ3) is 2.69. The van der Waals surface area contributed by atoms with Crippen molar-refractivity contribution in [1.29, 1.82) is 0 Å². The molecule has 0 aliphatic rings. The van der Waals surface area contributed by atoms with Gasteiger partial charge in [-0.3, -0.25) is 10.1 Å². The molecule has 2 rings (SSSR count).